The first-order chi connectivity index (χ1) is 7.65. The van der Waals surface area contributed by atoms with Crippen LogP contribution in [0.25, 0.3) is 0 Å². The van der Waals surface area contributed by atoms with E-state index in [2.05, 4.69) is 27.6 Å². The lowest BCUT2D eigenvalue weighted by Crippen LogP contribution is -1.87. The van der Waals surface area contributed by atoms with Crippen LogP contribution in [0.3, 0.4) is 0 Å². The average molecular weight is 363 g/mol. The van der Waals surface area contributed by atoms with Gasteiger partial charge in [0.05, 0.1) is 5.02 Å². The maximum Gasteiger partial charge on any atom is 0.101 e. The first-order valence-corrected chi connectivity index (χ1v) is 6.77. The highest BCUT2D eigenvalue weighted by atomic mass is 127. The third kappa shape index (κ3) is 3.02. The van der Waals surface area contributed by atoms with E-state index in [0.717, 1.165) is 19.2 Å². The number of aromatic nitrogens is 1. The van der Waals surface area contributed by atoms with Crippen LogP contribution in [-0.4, -0.2) is 4.98 Å². The molecule has 0 aliphatic carbocycles. The molecular formula is C11H8ClIN2S. The molecule has 0 spiro atoms. The van der Waals surface area contributed by atoms with Gasteiger partial charge in [0.25, 0.3) is 0 Å². The van der Waals surface area contributed by atoms with Crippen LogP contribution in [0, 0.1) is 3.57 Å². The summed E-state index contributed by atoms with van der Waals surface area (Å²) >= 11 is 9.64. The summed E-state index contributed by atoms with van der Waals surface area (Å²) in [6.45, 7) is 0. The van der Waals surface area contributed by atoms with E-state index < -0.39 is 0 Å². The molecular weight excluding hydrogens is 355 g/mol. The van der Waals surface area contributed by atoms with Crippen molar-refractivity contribution >= 4 is 51.6 Å². The molecule has 0 aliphatic heterocycles. The molecule has 16 heavy (non-hydrogen) atoms. The van der Waals surface area contributed by atoms with Gasteiger partial charge in [-0.05, 0) is 52.9 Å². The van der Waals surface area contributed by atoms with E-state index in [9.17, 15) is 0 Å². The Kier molecular flexibility index (Phi) is 3.94. The fourth-order valence-corrected chi connectivity index (χ4v) is 2.88. The fraction of sp³-hybridized carbons (Fsp3) is 0. The summed E-state index contributed by atoms with van der Waals surface area (Å²) in [5, 5.41) is 1.57. The molecule has 0 saturated carbocycles. The van der Waals surface area contributed by atoms with Crippen molar-refractivity contribution in [3.63, 3.8) is 0 Å². The van der Waals surface area contributed by atoms with Crippen LogP contribution in [0.4, 0.5) is 5.69 Å². The van der Waals surface area contributed by atoms with Crippen molar-refractivity contribution in [1.29, 1.82) is 0 Å². The topological polar surface area (TPSA) is 38.9 Å². The van der Waals surface area contributed by atoms with Gasteiger partial charge in [-0.1, -0.05) is 23.4 Å². The van der Waals surface area contributed by atoms with Gasteiger partial charge < -0.3 is 5.73 Å². The Bertz CT molecular complexity index is 502. The molecule has 82 valence electrons. The molecule has 2 nitrogen and oxygen atoms in total. The van der Waals surface area contributed by atoms with E-state index in [-0.39, 0.29) is 0 Å². The molecule has 2 rings (SSSR count). The Morgan fingerprint density at radius 2 is 2.06 bits per heavy atom. The molecule has 0 fully saturated rings. The number of rotatable bonds is 2. The Balaban J connectivity index is 2.23. The van der Waals surface area contributed by atoms with E-state index in [4.69, 9.17) is 17.3 Å². The maximum absolute atomic E-state index is 5.78. The summed E-state index contributed by atoms with van der Waals surface area (Å²) in [6.07, 6.45) is 1.65. The molecule has 0 amide bonds. The predicted octanol–water partition coefficient (Wildman–Crippen LogP) is 4.07. The molecule has 1 aromatic heterocycles. The normalized spacial score (nSPS) is 10.4. The van der Waals surface area contributed by atoms with Crippen LogP contribution in [0.2, 0.25) is 5.02 Å². The standard InChI is InChI=1S/C11H8ClIN2S/c12-7-1-4-11(15-6-7)16-10-3-2-8(14)5-9(10)13/h1-6H,14H2. The number of pyridine rings is 1. The van der Waals surface area contributed by atoms with Gasteiger partial charge in [0.2, 0.25) is 0 Å². The summed E-state index contributed by atoms with van der Waals surface area (Å²) < 4.78 is 1.12. The van der Waals surface area contributed by atoms with Crippen LogP contribution < -0.4 is 5.73 Å². The smallest absolute Gasteiger partial charge is 0.101 e. The molecule has 0 radical (unpaired) electrons. The van der Waals surface area contributed by atoms with E-state index in [1.165, 1.54) is 0 Å². The SMILES string of the molecule is Nc1ccc(Sc2ccc(Cl)cn2)c(I)c1. The quantitative estimate of drug-likeness (QED) is 0.646. The number of nitrogens with two attached hydrogens (primary N) is 1. The summed E-state index contributed by atoms with van der Waals surface area (Å²) in [7, 11) is 0. The number of nitrogen functional groups attached to an aromatic ring is 1. The lowest BCUT2D eigenvalue weighted by atomic mass is 10.3. The summed E-state index contributed by atoms with van der Waals surface area (Å²) in [5.74, 6) is 0. The predicted molar refractivity (Wildman–Crippen MR) is 76.9 cm³/mol. The highest BCUT2D eigenvalue weighted by Crippen LogP contribution is 2.31. The third-order valence-corrected chi connectivity index (χ3v) is 4.38. The zero-order valence-electron chi connectivity index (χ0n) is 8.15. The minimum Gasteiger partial charge on any atom is -0.399 e. The second-order valence-electron chi connectivity index (χ2n) is 3.11. The monoisotopic (exact) mass is 362 g/mol. The van der Waals surface area contributed by atoms with Gasteiger partial charge in [-0.2, -0.15) is 0 Å². The van der Waals surface area contributed by atoms with Crippen LogP contribution in [0.15, 0.2) is 46.5 Å². The molecule has 2 N–H and O–H groups in total. The van der Waals surface area contributed by atoms with Crippen molar-refractivity contribution in [2.75, 3.05) is 5.73 Å². The zero-order chi connectivity index (χ0) is 11.5. The van der Waals surface area contributed by atoms with Crippen LogP contribution in [-0.2, 0) is 0 Å². The minimum atomic E-state index is 0.649. The van der Waals surface area contributed by atoms with Gasteiger partial charge in [0.15, 0.2) is 0 Å². The molecule has 0 bridgehead atoms. The largest absolute Gasteiger partial charge is 0.399 e. The second kappa shape index (κ2) is 5.25. The van der Waals surface area contributed by atoms with Crippen molar-refractivity contribution in [3.05, 3.63) is 45.1 Å². The van der Waals surface area contributed by atoms with Gasteiger partial charge in [-0.15, -0.1) is 0 Å². The minimum absolute atomic E-state index is 0.649. The third-order valence-electron chi connectivity index (χ3n) is 1.87. The Morgan fingerprint density at radius 3 is 2.69 bits per heavy atom. The van der Waals surface area contributed by atoms with E-state index >= 15 is 0 Å². The van der Waals surface area contributed by atoms with Gasteiger partial charge in [-0.3, -0.25) is 0 Å². The average Bonchev–Trinajstić information content (AvgIpc) is 2.25. The van der Waals surface area contributed by atoms with Gasteiger partial charge in [-0.25, -0.2) is 4.98 Å². The number of hydrogen-bond donors (Lipinski definition) is 1. The first kappa shape index (κ1) is 12.0. The number of anilines is 1. The zero-order valence-corrected chi connectivity index (χ0v) is 11.9. The van der Waals surface area contributed by atoms with Crippen molar-refractivity contribution in [2.45, 2.75) is 9.92 Å². The van der Waals surface area contributed by atoms with Crippen molar-refractivity contribution in [2.24, 2.45) is 0 Å². The molecule has 0 saturated heterocycles. The highest BCUT2D eigenvalue weighted by Gasteiger charge is 2.03. The maximum atomic E-state index is 5.78. The number of halogens is 2. The Morgan fingerprint density at radius 1 is 1.25 bits per heavy atom. The first-order valence-electron chi connectivity index (χ1n) is 4.49. The van der Waals surface area contributed by atoms with E-state index in [1.54, 1.807) is 18.0 Å². The lowest BCUT2D eigenvalue weighted by molar-refractivity contribution is 1.13. The Labute approximate surface area is 117 Å². The Hall–Kier alpha value is -0.460. The molecule has 2 aromatic rings. The molecule has 1 heterocycles. The molecule has 0 unspecified atom stereocenters. The van der Waals surface area contributed by atoms with Crippen molar-refractivity contribution < 1.29 is 0 Å². The van der Waals surface area contributed by atoms with Crippen LogP contribution in [0.5, 0.6) is 0 Å². The van der Waals surface area contributed by atoms with Crippen LogP contribution in [0.1, 0.15) is 0 Å². The molecule has 5 heteroatoms. The summed E-state index contributed by atoms with van der Waals surface area (Å²) in [5.41, 5.74) is 6.47. The summed E-state index contributed by atoms with van der Waals surface area (Å²) in [4.78, 5) is 5.38. The van der Waals surface area contributed by atoms with Gasteiger partial charge >= 0.3 is 0 Å². The number of benzene rings is 1. The van der Waals surface area contributed by atoms with Crippen LogP contribution >= 0.6 is 46.0 Å². The molecule has 0 aliphatic rings. The van der Waals surface area contributed by atoms with Crippen molar-refractivity contribution in [1.82, 2.24) is 4.98 Å². The number of nitrogens with zero attached hydrogens (tertiary/aromatic N) is 1. The van der Waals surface area contributed by atoms with E-state index in [0.29, 0.717) is 5.02 Å². The van der Waals surface area contributed by atoms with Crippen molar-refractivity contribution in [3.8, 4) is 0 Å². The highest BCUT2D eigenvalue weighted by molar-refractivity contribution is 14.1. The molecule has 1 aromatic carbocycles. The lowest BCUT2D eigenvalue weighted by Gasteiger charge is -2.04. The van der Waals surface area contributed by atoms with Gasteiger partial charge in [0, 0.05) is 20.3 Å². The number of hydrogen-bond acceptors (Lipinski definition) is 3. The van der Waals surface area contributed by atoms with Gasteiger partial charge in [0.1, 0.15) is 5.03 Å². The molecule has 0 atom stereocenters. The van der Waals surface area contributed by atoms with E-state index in [1.807, 2.05) is 30.3 Å². The second-order valence-corrected chi connectivity index (χ2v) is 5.77. The fourth-order valence-electron chi connectivity index (χ4n) is 1.14. The summed E-state index contributed by atoms with van der Waals surface area (Å²) in [6, 6.07) is 9.57.